The summed E-state index contributed by atoms with van der Waals surface area (Å²) in [7, 11) is -4.06. The fourth-order valence-corrected chi connectivity index (χ4v) is 3.03. The number of sulfone groups is 1. The second-order valence-electron chi connectivity index (χ2n) is 4.53. The third-order valence-corrected chi connectivity index (χ3v) is 4.66. The average Bonchev–Trinajstić information content (AvgIpc) is 2.35. The Kier molecular flexibility index (Phi) is 5.31. The van der Waals surface area contributed by atoms with Gasteiger partial charge >= 0.3 is 0 Å². The lowest BCUT2D eigenvalue weighted by molar-refractivity contribution is -0.317. The van der Waals surface area contributed by atoms with Gasteiger partial charge in [-0.25, -0.2) is 8.42 Å². The Labute approximate surface area is 123 Å². The zero-order chi connectivity index (χ0) is 15.9. The van der Waals surface area contributed by atoms with E-state index in [2.05, 4.69) is 20.1 Å². The van der Waals surface area contributed by atoms with Crippen molar-refractivity contribution < 1.29 is 42.2 Å². The van der Waals surface area contributed by atoms with E-state index in [1.54, 1.807) is 0 Å². The quantitative estimate of drug-likeness (QED) is 0.414. The van der Waals surface area contributed by atoms with Crippen molar-refractivity contribution in [3.05, 3.63) is 0 Å². The Morgan fingerprint density at radius 1 is 1.35 bits per heavy atom. The molecule has 1 aliphatic rings. The minimum Gasteiger partial charge on any atom is -0.387 e. The Morgan fingerprint density at radius 2 is 1.85 bits per heavy atom. The molecule has 0 aromatic carbocycles. The topological polar surface area (TPSA) is 151 Å². The maximum atomic E-state index is 11.6. The van der Waals surface area contributed by atoms with Crippen molar-refractivity contribution >= 4 is 31.9 Å². The number of hydrogen-bond acceptors (Lipinski definition) is 9. The molecule has 1 rings (SSSR count). The first-order chi connectivity index (χ1) is 8.99. The molecule has 0 radical (unpaired) electrons. The van der Waals surface area contributed by atoms with Gasteiger partial charge in [-0.2, -0.15) is 0 Å². The predicted octanol–water partition coefficient (Wildman–Crippen LogP) is -2.56. The third-order valence-electron chi connectivity index (χ3n) is 3.04. The molecule has 20 heavy (non-hydrogen) atoms. The molecule has 1 aliphatic heterocycles. The zero-order valence-electron chi connectivity index (χ0n) is 10.5. The van der Waals surface area contributed by atoms with Crippen molar-refractivity contribution in [1.29, 1.82) is 0 Å². The van der Waals surface area contributed by atoms with Gasteiger partial charge in [0.25, 0.3) is 5.79 Å². The Bertz CT molecular complexity index is 480. The average molecular weight is 379 g/mol. The van der Waals surface area contributed by atoms with Gasteiger partial charge in [-0.05, 0) is 0 Å². The molecule has 0 aromatic heterocycles. The number of hydrogen-bond donors (Lipinski definition) is 4. The number of halogens is 1. The second kappa shape index (κ2) is 5.93. The molecular formula is C9H15BrO9S. The number of carbonyl (C=O) groups is 1. The molecule has 0 amide bonds. The number of rotatable bonds is 4. The highest BCUT2D eigenvalue weighted by Crippen LogP contribution is 2.35. The van der Waals surface area contributed by atoms with Crippen LogP contribution in [-0.2, 0) is 23.2 Å². The number of carbonyl (C=O) groups excluding carboxylic acids is 1. The van der Waals surface area contributed by atoms with E-state index in [9.17, 15) is 33.6 Å². The summed E-state index contributed by atoms with van der Waals surface area (Å²) < 4.78 is 32.2. The fourth-order valence-electron chi connectivity index (χ4n) is 1.83. The van der Waals surface area contributed by atoms with Gasteiger partial charge in [0.2, 0.25) is 0 Å². The molecule has 118 valence electrons. The van der Waals surface area contributed by atoms with Crippen LogP contribution in [0.5, 0.6) is 0 Å². The molecule has 0 bridgehead atoms. The first-order valence-corrected chi connectivity index (χ1v) is 7.99. The summed E-state index contributed by atoms with van der Waals surface area (Å²) in [6.45, 7) is 0.957. The number of ketones is 1. The van der Waals surface area contributed by atoms with E-state index in [1.165, 1.54) is 0 Å². The van der Waals surface area contributed by atoms with Gasteiger partial charge < -0.3 is 25.2 Å². The normalized spacial score (nSPS) is 40.4. The van der Waals surface area contributed by atoms with Gasteiger partial charge in [-0.3, -0.25) is 8.62 Å². The summed E-state index contributed by atoms with van der Waals surface area (Å²) in [5.74, 6) is -3.35. The van der Waals surface area contributed by atoms with E-state index < -0.39 is 51.3 Å². The van der Waals surface area contributed by atoms with Crippen molar-refractivity contribution in [2.45, 2.75) is 42.6 Å². The lowest BCUT2D eigenvalue weighted by Gasteiger charge is -2.46. The molecule has 1 saturated heterocycles. The first kappa shape index (κ1) is 17.9. The van der Waals surface area contributed by atoms with Crippen LogP contribution in [0.25, 0.3) is 0 Å². The van der Waals surface area contributed by atoms with Crippen LogP contribution in [0, 0.1) is 0 Å². The molecular weight excluding hydrogens is 364 g/mol. The molecule has 1 fully saturated rings. The molecule has 0 spiro atoms. The monoisotopic (exact) mass is 378 g/mol. The predicted molar refractivity (Wildman–Crippen MR) is 67.2 cm³/mol. The first-order valence-electron chi connectivity index (χ1n) is 5.38. The minimum atomic E-state index is -4.06. The summed E-state index contributed by atoms with van der Waals surface area (Å²) in [5, 5.41) is 38.9. The second-order valence-corrected chi connectivity index (χ2v) is 7.00. The van der Waals surface area contributed by atoms with E-state index in [4.69, 9.17) is 4.74 Å². The van der Waals surface area contributed by atoms with Crippen LogP contribution in [0.4, 0.5) is 0 Å². The SMILES string of the molecule is CC(=O)C1(OBr)O[C@H](C(O)S(C)(=O)=O)[C@@H](O)[C@H](O)[C@@H]1O. The summed E-state index contributed by atoms with van der Waals surface area (Å²) in [6, 6.07) is 0. The Balaban J connectivity index is 3.26. The molecule has 11 heteroatoms. The minimum absolute atomic E-state index is 0.676. The highest BCUT2D eigenvalue weighted by Gasteiger charge is 2.60. The van der Waals surface area contributed by atoms with E-state index in [1.807, 2.05) is 0 Å². The highest BCUT2D eigenvalue weighted by atomic mass is 79.9. The highest BCUT2D eigenvalue weighted by molar-refractivity contribution is 9.06. The van der Waals surface area contributed by atoms with E-state index in [0.717, 1.165) is 6.92 Å². The van der Waals surface area contributed by atoms with Gasteiger partial charge in [0.15, 0.2) is 21.1 Å². The van der Waals surface area contributed by atoms with Crippen molar-refractivity contribution in [2.75, 3.05) is 6.26 Å². The maximum absolute atomic E-state index is 11.6. The largest absolute Gasteiger partial charge is 0.387 e. The van der Waals surface area contributed by atoms with Crippen molar-refractivity contribution in [2.24, 2.45) is 0 Å². The molecule has 6 atom stereocenters. The van der Waals surface area contributed by atoms with Gasteiger partial charge in [-0.1, -0.05) is 0 Å². The Hall–Kier alpha value is -0.140. The molecule has 0 saturated carbocycles. The smallest absolute Gasteiger partial charge is 0.269 e. The van der Waals surface area contributed by atoms with Crippen molar-refractivity contribution in [1.82, 2.24) is 0 Å². The lowest BCUT2D eigenvalue weighted by Crippen LogP contribution is -2.69. The summed E-state index contributed by atoms with van der Waals surface area (Å²) >= 11 is 2.45. The van der Waals surface area contributed by atoms with E-state index >= 15 is 0 Å². The number of aliphatic hydroxyl groups is 4. The van der Waals surface area contributed by atoms with E-state index in [0.29, 0.717) is 6.26 Å². The molecule has 2 unspecified atom stereocenters. The van der Waals surface area contributed by atoms with Gasteiger partial charge in [0.05, 0.1) is 0 Å². The molecule has 0 aliphatic carbocycles. The van der Waals surface area contributed by atoms with Crippen LogP contribution in [0.3, 0.4) is 0 Å². The number of Topliss-reactive ketones (excluding diaryl/α,β-unsaturated/α-hetero) is 1. The molecule has 9 nitrogen and oxygen atoms in total. The van der Waals surface area contributed by atoms with Crippen LogP contribution in [0.1, 0.15) is 6.92 Å². The van der Waals surface area contributed by atoms with Gasteiger partial charge in [0.1, 0.15) is 40.7 Å². The number of aliphatic hydroxyl groups excluding tert-OH is 4. The maximum Gasteiger partial charge on any atom is 0.269 e. The van der Waals surface area contributed by atoms with Crippen LogP contribution in [-0.4, -0.2) is 76.5 Å². The van der Waals surface area contributed by atoms with Gasteiger partial charge in [0, 0.05) is 13.2 Å². The van der Waals surface area contributed by atoms with Crippen LogP contribution >= 0.6 is 16.3 Å². The molecule has 0 aromatic rings. The third kappa shape index (κ3) is 2.90. The molecule has 1 heterocycles. The van der Waals surface area contributed by atoms with Crippen molar-refractivity contribution in [3.8, 4) is 0 Å². The summed E-state index contributed by atoms with van der Waals surface area (Å²) in [4.78, 5) is 11.6. The number of ether oxygens (including phenoxy) is 1. The summed E-state index contributed by atoms with van der Waals surface area (Å²) in [6.07, 6.45) is -7.10. The van der Waals surface area contributed by atoms with Gasteiger partial charge in [-0.15, -0.1) is 0 Å². The Morgan fingerprint density at radius 3 is 2.20 bits per heavy atom. The standard InChI is InChI=1S/C9H15BrO9S/c1-3(11)9(19-10)7(14)5(13)4(12)6(18-9)8(15)20(2,16)17/h4-8,12-15H,1-2H3/t4-,5-,6-,7-,8?,9?/m0/s1. The van der Waals surface area contributed by atoms with Crippen molar-refractivity contribution in [3.63, 3.8) is 0 Å². The van der Waals surface area contributed by atoms with Crippen LogP contribution in [0.2, 0.25) is 0 Å². The summed E-state index contributed by atoms with van der Waals surface area (Å²) in [5.41, 5.74) is -2.22. The zero-order valence-corrected chi connectivity index (χ0v) is 12.9. The fraction of sp³-hybridized carbons (Fsp3) is 0.889. The molecule has 4 N–H and O–H groups in total. The lowest BCUT2D eigenvalue weighted by atomic mass is 9.90. The van der Waals surface area contributed by atoms with E-state index in [-0.39, 0.29) is 0 Å². The van der Waals surface area contributed by atoms with Crippen LogP contribution in [0.15, 0.2) is 0 Å². The van der Waals surface area contributed by atoms with Crippen LogP contribution < -0.4 is 0 Å².